The van der Waals surface area contributed by atoms with E-state index in [2.05, 4.69) is 6.92 Å². The van der Waals surface area contributed by atoms with E-state index >= 15 is 0 Å². The summed E-state index contributed by atoms with van der Waals surface area (Å²) in [5, 5.41) is 0. The van der Waals surface area contributed by atoms with Crippen molar-refractivity contribution in [2.75, 3.05) is 6.54 Å². The average Bonchev–Trinajstić information content (AvgIpc) is 1.99. The molecule has 0 bridgehead atoms. The molecule has 74 valence electrons. The van der Waals surface area contributed by atoms with Crippen LogP contribution in [0.5, 0.6) is 0 Å². The maximum atomic E-state index is 10.9. The highest BCUT2D eigenvalue weighted by Crippen LogP contribution is 2.03. The molecule has 0 saturated heterocycles. The summed E-state index contributed by atoms with van der Waals surface area (Å²) in [6, 6.07) is 0. The Morgan fingerprint density at radius 3 is 2.33 bits per heavy atom. The summed E-state index contributed by atoms with van der Waals surface area (Å²) in [6.07, 6.45) is 6.00. The van der Waals surface area contributed by atoms with Crippen LogP contribution in [0.4, 0.5) is 0 Å². The Morgan fingerprint density at radius 2 is 1.83 bits per heavy atom. The van der Waals surface area contributed by atoms with Crippen LogP contribution in [0, 0.1) is 0 Å². The number of carbonyl (C=O) groups is 1. The van der Waals surface area contributed by atoms with Gasteiger partial charge < -0.3 is 5.73 Å². The number of halogens is 1. The Bertz CT molecular complexity index is 107. The topological polar surface area (TPSA) is 43.1 Å². The molecule has 0 amide bonds. The lowest BCUT2D eigenvalue weighted by Gasteiger charge is -1.97. The molecule has 0 aromatic rings. The van der Waals surface area contributed by atoms with Gasteiger partial charge in [-0.2, -0.15) is 0 Å². The molecule has 0 rings (SSSR count). The Labute approximate surface area is 81.3 Å². The van der Waals surface area contributed by atoms with Gasteiger partial charge >= 0.3 is 0 Å². The fourth-order valence-corrected chi connectivity index (χ4v) is 1.03. The largest absolute Gasteiger partial charge is 0.330 e. The molecule has 2 N–H and O–H groups in total. The van der Waals surface area contributed by atoms with E-state index in [1.54, 1.807) is 0 Å². The van der Waals surface area contributed by atoms with E-state index < -0.39 is 0 Å². The van der Waals surface area contributed by atoms with Crippen LogP contribution in [0.15, 0.2) is 0 Å². The summed E-state index contributed by atoms with van der Waals surface area (Å²) in [5.74, 6) is 0.323. The monoisotopic (exact) mass is 193 g/mol. The molecule has 0 unspecified atom stereocenters. The summed E-state index contributed by atoms with van der Waals surface area (Å²) in [4.78, 5) is 10.9. The molecule has 0 aromatic heterocycles. The van der Waals surface area contributed by atoms with Gasteiger partial charge in [-0.3, -0.25) is 4.79 Å². The fraction of sp³-hybridized carbons (Fsp3) is 0.889. The van der Waals surface area contributed by atoms with E-state index in [9.17, 15) is 4.79 Å². The van der Waals surface area contributed by atoms with E-state index in [1.807, 2.05) is 0 Å². The molecule has 3 heteroatoms. The lowest BCUT2D eigenvalue weighted by Crippen LogP contribution is -2.07. The quantitative estimate of drug-likeness (QED) is 0.631. The van der Waals surface area contributed by atoms with Crippen LogP contribution in [-0.2, 0) is 4.79 Å². The Balaban J connectivity index is 0. The third-order valence-electron chi connectivity index (χ3n) is 1.73. The third kappa shape index (κ3) is 9.92. The number of nitrogens with two attached hydrogens (primary N) is 1. The standard InChI is InChI=1S/C9H19NO.ClH/c1-2-3-4-5-6-9(11)7-8-10;/h2-8,10H2,1H3;1H. The predicted octanol–water partition coefficient (Wildman–Crippen LogP) is 2.30. The zero-order valence-corrected chi connectivity index (χ0v) is 8.66. The Morgan fingerprint density at radius 1 is 1.17 bits per heavy atom. The van der Waals surface area contributed by atoms with Crippen molar-refractivity contribution < 1.29 is 4.79 Å². The molecule has 0 aliphatic heterocycles. The van der Waals surface area contributed by atoms with Gasteiger partial charge in [-0.1, -0.05) is 26.2 Å². The second kappa shape index (κ2) is 10.9. The molecule has 0 aromatic carbocycles. The first kappa shape index (κ1) is 14.4. The lowest BCUT2D eigenvalue weighted by molar-refractivity contribution is -0.119. The van der Waals surface area contributed by atoms with Gasteiger partial charge in [0, 0.05) is 12.8 Å². The van der Waals surface area contributed by atoms with Crippen molar-refractivity contribution in [2.45, 2.75) is 45.4 Å². The van der Waals surface area contributed by atoms with Crippen LogP contribution in [0.25, 0.3) is 0 Å². The van der Waals surface area contributed by atoms with Gasteiger partial charge in [-0.05, 0) is 13.0 Å². The van der Waals surface area contributed by atoms with Crippen molar-refractivity contribution in [3.63, 3.8) is 0 Å². The molecule has 0 saturated carbocycles. The molecule has 0 fully saturated rings. The number of hydrogen-bond donors (Lipinski definition) is 1. The van der Waals surface area contributed by atoms with Crippen molar-refractivity contribution in [3.05, 3.63) is 0 Å². The zero-order chi connectivity index (χ0) is 8.53. The summed E-state index contributed by atoms with van der Waals surface area (Å²) in [7, 11) is 0. The van der Waals surface area contributed by atoms with Crippen LogP contribution in [0.2, 0.25) is 0 Å². The molecule has 0 atom stereocenters. The molecular formula is C9H20ClNO. The highest BCUT2D eigenvalue weighted by atomic mass is 35.5. The number of unbranched alkanes of at least 4 members (excludes halogenated alkanes) is 3. The van der Waals surface area contributed by atoms with E-state index in [-0.39, 0.29) is 12.4 Å². The lowest BCUT2D eigenvalue weighted by atomic mass is 10.1. The first-order valence-electron chi connectivity index (χ1n) is 4.53. The first-order valence-corrected chi connectivity index (χ1v) is 4.53. The van der Waals surface area contributed by atoms with Gasteiger partial charge in [-0.25, -0.2) is 0 Å². The van der Waals surface area contributed by atoms with E-state index in [1.165, 1.54) is 19.3 Å². The van der Waals surface area contributed by atoms with Gasteiger partial charge in [0.15, 0.2) is 0 Å². The Kier molecular flexibility index (Phi) is 13.1. The minimum absolute atomic E-state index is 0. The van der Waals surface area contributed by atoms with E-state index in [0.29, 0.717) is 18.7 Å². The van der Waals surface area contributed by atoms with Gasteiger partial charge in [0.2, 0.25) is 0 Å². The average molecular weight is 194 g/mol. The van der Waals surface area contributed by atoms with Gasteiger partial charge in [0.05, 0.1) is 0 Å². The number of carbonyl (C=O) groups excluding carboxylic acids is 1. The minimum Gasteiger partial charge on any atom is -0.330 e. The second-order valence-electron chi connectivity index (χ2n) is 2.89. The van der Waals surface area contributed by atoms with E-state index in [0.717, 1.165) is 12.8 Å². The second-order valence-corrected chi connectivity index (χ2v) is 2.89. The smallest absolute Gasteiger partial charge is 0.134 e. The fourth-order valence-electron chi connectivity index (χ4n) is 1.03. The number of hydrogen-bond acceptors (Lipinski definition) is 2. The van der Waals surface area contributed by atoms with Crippen LogP contribution in [-0.4, -0.2) is 12.3 Å². The van der Waals surface area contributed by atoms with Crippen LogP contribution in [0.1, 0.15) is 45.4 Å². The van der Waals surface area contributed by atoms with Crippen molar-refractivity contribution in [3.8, 4) is 0 Å². The third-order valence-corrected chi connectivity index (χ3v) is 1.73. The number of rotatable bonds is 7. The van der Waals surface area contributed by atoms with Crippen LogP contribution < -0.4 is 5.73 Å². The molecule has 0 radical (unpaired) electrons. The number of ketones is 1. The molecule has 2 nitrogen and oxygen atoms in total. The summed E-state index contributed by atoms with van der Waals surface area (Å²) in [5.41, 5.74) is 5.24. The molecule has 0 spiro atoms. The van der Waals surface area contributed by atoms with Gasteiger partial charge in [-0.15, -0.1) is 12.4 Å². The maximum Gasteiger partial charge on any atom is 0.134 e. The van der Waals surface area contributed by atoms with Crippen molar-refractivity contribution in [1.82, 2.24) is 0 Å². The van der Waals surface area contributed by atoms with Crippen LogP contribution >= 0.6 is 12.4 Å². The van der Waals surface area contributed by atoms with Crippen molar-refractivity contribution >= 4 is 18.2 Å². The Hall–Kier alpha value is -0.0800. The molecular weight excluding hydrogens is 174 g/mol. The van der Waals surface area contributed by atoms with Crippen molar-refractivity contribution in [2.24, 2.45) is 5.73 Å². The number of Topliss-reactive ketones (excluding diaryl/α,β-unsaturated/α-hetero) is 1. The van der Waals surface area contributed by atoms with Crippen molar-refractivity contribution in [1.29, 1.82) is 0 Å². The highest BCUT2D eigenvalue weighted by molar-refractivity contribution is 5.85. The molecule has 12 heavy (non-hydrogen) atoms. The first-order chi connectivity index (χ1) is 5.31. The maximum absolute atomic E-state index is 10.9. The van der Waals surface area contributed by atoms with Gasteiger partial charge in [0.25, 0.3) is 0 Å². The summed E-state index contributed by atoms with van der Waals surface area (Å²) in [6.45, 7) is 2.67. The molecule has 0 aliphatic carbocycles. The minimum atomic E-state index is 0. The van der Waals surface area contributed by atoms with Gasteiger partial charge in [0.1, 0.15) is 5.78 Å². The SMILES string of the molecule is CCCCCCC(=O)CCN.Cl. The zero-order valence-electron chi connectivity index (χ0n) is 7.84. The van der Waals surface area contributed by atoms with E-state index in [4.69, 9.17) is 5.73 Å². The highest BCUT2D eigenvalue weighted by Gasteiger charge is 1.98. The summed E-state index contributed by atoms with van der Waals surface area (Å²) < 4.78 is 0. The molecule has 0 aliphatic rings. The summed E-state index contributed by atoms with van der Waals surface area (Å²) >= 11 is 0. The molecule has 0 heterocycles. The van der Waals surface area contributed by atoms with Crippen LogP contribution in [0.3, 0.4) is 0 Å². The normalized spacial score (nSPS) is 9.17. The predicted molar refractivity (Wildman–Crippen MR) is 54.7 cm³/mol.